The summed E-state index contributed by atoms with van der Waals surface area (Å²) in [6.07, 6.45) is 8.47. The highest BCUT2D eigenvalue weighted by Crippen LogP contribution is 2.11. The predicted octanol–water partition coefficient (Wildman–Crippen LogP) is 2.02. The molecular weight excluding hydrogens is 238 g/mol. The highest BCUT2D eigenvalue weighted by Gasteiger charge is 2.11. The second-order valence-corrected chi connectivity index (χ2v) is 4.82. The van der Waals surface area contributed by atoms with Crippen LogP contribution >= 0.6 is 0 Å². The van der Waals surface area contributed by atoms with E-state index in [1.807, 2.05) is 12.1 Å². The van der Waals surface area contributed by atoms with E-state index in [-0.39, 0.29) is 0 Å². The van der Waals surface area contributed by atoms with Crippen molar-refractivity contribution in [1.82, 2.24) is 15.3 Å². The molecule has 0 bridgehead atoms. The Morgan fingerprint density at radius 3 is 2.89 bits per heavy atom. The van der Waals surface area contributed by atoms with Crippen molar-refractivity contribution in [3.63, 3.8) is 0 Å². The molecule has 19 heavy (non-hydrogen) atoms. The van der Waals surface area contributed by atoms with Gasteiger partial charge in [-0.05, 0) is 25.8 Å². The van der Waals surface area contributed by atoms with Crippen LogP contribution in [0.4, 0.5) is 11.6 Å². The minimum Gasteiger partial charge on any atom is -0.370 e. The molecule has 1 aliphatic rings. The first-order valence-electron chi connectivity index (χ1n) is 7.02. The van der Waals surface area contributed by atoms with Crippen LogP contribution in [0.2, 0.25) is 0 Å². The van der Waals surface area contributed by atoms with Crippen LogP contribution in [0, 0.1) is 0 Å². The van der Waals surface area contributed by atoms with E-state index in [9.17, 15) is 0 Å². The van der Waals surface area contributed by atoms with Gasteiger partial charge in [-0.15, -0.1) is 6.58 Å². The van der Waals surface area contributed by atoms with Crippen molar-refractivity contribution in [2.45, 2.75) is 31.7 Å². The number of piperidine rings is 1. The van der Waals surface area contributed by atoms with Gasteiger partial charge in [0.2, 0.25) is 0 Å². The molecule has 2 rings (SSSR count). The maximum Gasteiger partial charge on any atom is 0.131 e. The van der Waals surface area contributed by atoms with Gasteiger partial charge < -0.3 is 16.0 Å². The molecule has 1 aromatic heterocycles. The first-order valence-corrected chi connectivity index (χ1v) is 7.02. The van der Waals surface area contributed by atoms with Crippen LogP contribution in [0.1, 0.15) is 25.7 Å². The minimum atomic E-state index is 0.654. The van der Waals surface area contributed by atoms with Crippen molar-refractivity contribution in [3.8, 4) is 0 Å². The van der Waals surface area contributed by atoms with Gasteiger partial charge in [0.1, 0.15) is 18.0 Å². The highest BCUT2D eigenvalue weighted by atomic mass is 15.1. The second-order valence-electron chi connectivity index (χ2n) is 4.82. The zero-order valence-electron chi connectivity index (χ0n) is 11.4. The molecule has 0 aliphatic carbocycles. The molecule has 0 radical (unpaired) electrons. The summed E-state index contributed by atoms with van der Waals surface area (Å²) in [7, 11) is 0. The van der Waals surface area contributed by atoms with E-state index in [0.717, 1.165) is 31.1 Å². The lowest BCUT2D eigenvalue weighted by Gasteiger charge is -2.23. The van der Waals surface area contributed by atoms with Crippen molar-refractivity contribution < 1.29 is 0 Å². The fraction of sp³-hybridized carbons (Fsp3) is 0.571. The molecule has 0 amide bonds. The van der Waals surface area contributed by atoms with Gasteiger partial charge in [0.25, 0.3) is 0 Å². The molecule has 1 aliphatic heterocycles. The highest BCUT2D eigenvalue weighted by molar-refractivity contribution is 5.46. The maximum atomic E-state index is 4.22. The number of hydrogen-bond donors (Lipinski definition) is 3. The molecule has 1 aromatic rings. The molecule has 3 N–H and O–H groups in total. The Bertz CT molecular complexity index is 387. The van der Waals surface area contributed by atoms with Gasteiger partial charge in [-0.25, -0.2) is 9.97 Å². The third-order valence-corrected chi connectivity index (χ3v) is 3.31. The van der Waals surface area contributed by atoms with Crippen molar-refractivity contribution in [2.24, 2.45) is 0 Å². The molecule has 0 spiro atoms. The van der Waals surface area contributed by atoms with Crippen molar-refractivity contribution in [2.75, 3.05) is 30.3 Å². The third-order valence-electron chi connectivity index (χ3n) is 3.31. The molecule has 1 unspecified atom stereocenters. The zero-order chi connectivity index (χ0) is 13.3. The molecule has 1 saturated heterocycles. The SMILES string of the molecule is C=CCNc1cc(NCCC2CCCCN2)ncn1. The zero-order valence-corrected chi connectivity index (χ0v) is 11.4. The summed E-state index contributed by atoms with van der Waals surface area (Å²) in [5.41, 5.74) is 0. The van der Waals surface area contributed by atoms with E-state index < -0.39 is 0 Å². The van der Waals surface area contributed by atoms with Gasteiger partial charge in [0.05, 0.1) is 0 Å². The molecule has 0 aromatic carbocycles. The largest absolute Gasteiger partial charge is 0.370 e. The summed E-state index contributed by atoms with van der Waals surface area (Å²) in [6.45, 7) is 6.48. The van der Waals surface area contributed by atoms with Crippen LogP contribution in [0.15, 0.2) is 25.0 Å². The molecule has 5 nitrogen and oxygen atoms in total. The second kappa shape index (κ2) is 7.74. The molecule has 1 atom stereocenters. The van der Waals surface area contributed by atoms with Gasteiger partial charge in [0, 0.05) is 25.2 Å². The minimum absolute atomic E-state index is 0.654. The standard InChI is InChI=1S/C14H23N5/c1-2-7-16-13-10-14(19-11-18-13)17-9-6-12-5-3-4-8-15-12/h2,10-12,15H,1,3-9H2,(H2,16,17,18,19). The Hall–Kier alpha value is -1.62. The molecule has 1 fully saturated rings. The summed E-state index contributed by atoms with van der Waals surface area (Å²) in [6, 6.07) is 2.58. The Balaban J connectivity index is 1.73. The van der Waals surface area contributed by atoms with E-state index in [1.165, 1.54) is 19.3 Å². The van der Waals surface area contributed by atoms with Gasteiger partial charge in [-0.3, -0.25) is 0 Å². The van der Waals surface area contributed by atoms with Crippen LogP contribution < -0.4 is 16.0 Å². The first kappa shape index (κ1) is 13.8. The lowest BCUT2D eigenvalue weighted by atomic mass is 10.0. The lowest BCUT2D eigenvalue weighted by Crippen LogP contribution is -2.35. The molecule has 0 saturated carbocycles. The van der Waals surface area contributed by atoms with Crippen molar-refractivity contribution >= 4 is 11.6 Å². The fourth-order valence-corrected chi connectivity index (χ4v) is 2.27. The molecule has 104 valence electrons. The maximum absolute atomic E-state index is 4.22. The van der Waals surface area contributed by atoms with Crippen LogP contribution in [0.5, 0.6) is 0 Å². The monoisotopic (exact) mass is 261 g/mol. The van der Waals surface area contributed by atoms with Gasteiger partial charge in [0.15, 0.2) is 0 Å². The number of nitrogens with zero attached hydrogens (tertiary/aromatic N) is 2. The Morgan fingerprint density at radius 2 is 2.16 bits per heavy atom. The Labute approximate surface area is 114 Å². The summed E-state index contributed by atoms with van der Waals surface area (Å²) in [5.74, 6) is 1.70. The summed E-state index contributed by atoms with van der Waals surface area (Å²) < 4.78 is 0. The van der Waals surface area contributed by atoms with Crippen molar-refractivity contribution in [3.05, 3.63) is 25.0 Å². The van der Waals surface area contributed by atoms with Crippen LogP contribution in [-0.2, 0) is 0 Å². The van der Waals surface area contributed by atoms with Crippen LogP contribution in [-0.4, -0.2) is 35.6 Å². The normalized spacial score (nSPS) is 18.8. The average Bonchev–Trinajstić information content (AvgIpc) is 2.47. The summed E-state index contributed by atoms with van der Waals surface area (Å²) >= 11 is 0. The quantitative estimate of drug-likeness (QED) is 0.655. The van der Waals surface area contributed by atoms with E-state index in [0.29, 0.717) is 12.6 Å². The fourth-order valence-electron chi connectivity index (χ4n) is 2.27. The molecular formula is C14H23N5. The first-order chi connectivity index (χ1) is 9.38. The predicted molar refractivity (Wildman–Crippen MR) is 79.5 cm³/mol. The lowest BCUT2D eigenvalue weighted by molar-refractivity contribution is 0.389. The number of rotatable bonds is 7. The van der Waals surface area contributed by atoms with Crippen LogP contribution in [0.25, 0.3) is 0 Å². The summed E-state index contributed by atoms with van der Waals surface area (Å²) in [4.78, 5) is 8.37. The average molecular weight is 261 g/mol. The Kier molecular flexibility index (Phi) is 5.62. The van der Waals surface area contributed by atoms with Gasteiger partial charge in [-0.1, -0.05) is 12.5 Å². The van der Waals surface area contributed by atoms with Gasteiger partial charge >= 0.3 is 0 Å². The van der Waals surface area contributed by atoms with Crippen LogP contribution in [0.3, 0.4) is 0 Å². The van der Waals surface area contributed by atoms with E-state index in [2.05, 4.69) is 32.5 Å². The van der Waals surface area contributed by atoms with E-state index in [4.69, 9.17) is 0 Å². The topological polar surface area (TPSA) is 61.9 Å². The van der Waals surface area contributed by atoms with Gasteiger partial charge in [-0.2, -0.15) is 0 Å². The number of nitrogens with one attached hydrogen (secondary N) is 3. The van der Waals surface area contributed by atoms with Crippen molar-refractivity contribution in [1.29, 1.82) is 0 Å². The number of aromatic nitrogens is 2. The van der Waals surface area contributed by atoms with E-state index >= 15 is 0 Å². The van der Waals surface area contributed by atoms with E-state index in [1.54, 1.807) is 6.33 Å². The Morgan fingerprint density at radius 1 is 1.32 bits per heavy atom. The number of hydrogen-bond acceptors (Lipinski definition) is 5. The smallest absolute Gasteiger partial charge is 0.131 e. The summed E-state index contributed by atoms with van der Waals surface area (Å²) in [5, 5.41) is 10.1. The molecule has 5 heteroatoms. The molecule has 2 heterocycles. The third kappa shape index (κ3) is 4.87. The number of anilines is 2.